The van der Waals surface area contributed by atoms with Crippen molar-refractivity contribution in [3.63, 3.8) is 0 Å². The molecule has 15 heteroatoms. The number of aliphatic hydroxyl groups is 4. The van der Waals surface area contributed by atoms with Crippen LogP contribution < -0.4 is 0 Å². The third kappa shape index (κ3) is 11.5. The molecule has 0 aliphatic carbocycles. The van der Waals surface area contributed by atoms with Crippen molar-refractivity contribution in [2.24, 2.45) is 34.7 Å². The number of hydrogen-bond acceptors (Lipinski definition) is 15. The lowest BCUT2D eigenvalue weighted by Crippen LogP contribution is -2.61. The van der Waals surface area contributed by atoms with Crippen molar-refractivity contribution in [1.29, 1.82) is 0 Å². The summed E-state index contributed by atoms with van der Waals surface area (Å²) >= 11 is 0. The third-order valence-electron chi connectivity index (χ3n) is 12.9. The van der Waals surface area contributed by atoms with Gasteiger partial charge in [-0.3, -0.25) is 4.79 Å². The van der Waals surface area contributed by atoms with Crippen LogP contribution in [0.15, 0.2) is 5.16 Å². The second-order valence-electron chi connectivity index (χ2n) is 18.4. The highest BCUT2D eigenvalue weighted by molar-refractivity contribution is 5.88. The highest BCUT2D eigenvalue weighted by Gasteiger charge is 2.54. The van der Waals surface area contributed by atoms with Gasteiger partial charge in [0.15, 0.2) is 12.6 Å². The van der Waals surface area contributed by atoms with Crippen molar-refractivity contribution in [2.75, 3.05) is 34.9 Å². The first-order chi connectivity index (χ1) is 26.4. The quantitative estimate of drug-likeness (QED) is 0.174. The van der Waals surface area contributed by atoms with Gasteiger partial charge in [-0.25, -0.2) is 0 Å². The van der Waals surface area contributed by atoms with Crippen molar-refractivity contribution in [1.82, 2.24) is 4.90 Å². The molecule has 3 rings (SSSR count). The Balaban J connectivity index is 2.29. The van der Waals surface area contributed by atoms with Crippen LogP contribution in [0.1, 0.15) is 109 Å². The Labute approximate surface area is 342 Å². The Morgan fingerprint density at radius 3 is 2.05 bits per heavy atom. The van der Waals surface area contributed by atoms with E-state index >= 15 is 0 Å². The standard InChI is InChI=1S/C42H78N2O13/c1-17-30-42(12,49)35(46)25(6)32(43-52-21-22(2)3)23(4)19-41(11,51-16)37(57-39-33(45)29(44(13)14)18-24(5)53-39)26(7)34(27(8)38(48)55-30)56-31-20-40(10,50-15)36(47)28(9)54-31/h22-31,33-37,39,45-47,49H,17-21H2,1-16H3/b43-32+/t23-,24-,25-,26+,27-,28+,29+,30+,31+,33-,34-,35-,36+,37-,39+,40-,41-,42-/m1/s1. The van der Waals surface area contributed by atoms with Gasteiger partial charge in [0.2, 0.25) is 0 Å². The number of esters is 1. The average molecular weight is 819 g/mol. The summed E-state index contributed by atoms with van der Waals surface area (Å²) in [5.41, 5.74) is -3.61. The lowest BCUT2D eigenvalue weighted by molar-refractivity contribution is -0.319. The fraction of sp³-hybridized carbons (Fsp3) is 0.952. The maximum Gasteiger partial charge on any atom is 0.311 e. The number of nitrogens with zero attached hydrogens (tertiary/aromatic N) is 2. The summed E-state index contributed by atoms with van der Waals surface area (Å²) < 4.78 is 44.7. The predicted octanol–water partition coefficient (Wildman–Crippen LogP) is 3.90. The van der Waals surface area contributed by atoms with Crippen molar-refractivity contribution in [2.45, 2.75) is 193 Å². The normalized spacial score (nSPS) is 46.5. The molecule has 15 nitrogen and oxygen atoms in total. The summed E-state index contributed by atoms with van der Waals surface area (Å²) in [6, 6.07) is -0.269. The zero-order valence-electron chi connectivity index (χ0n) is 37.6. The van der Waals surface area contributed by atoms with Gasteiger partial charge in [-0.2, -0.15) is 0 Å². The van der Waals surface area contributed by atoms with E-state index in [2.05, 4.69) is 5.16 Å². The summed E-state index contributed by atoms with van der Waals surface area (Å²) in [7, 11) is 6.90. The molecule has 0 bridgehead atoms. The van der Waals surface area contributed by atoms with Crippen molar-refractivity contribution in [3.8, 4) is 0 Å². The van der Waals surface area contributed by atoms with E-state index in [9.17, 15) is 25.2 Å². The summed E-state index contributed by atoms with van der Waals surface area (Å²) in [6.07, 6.45) is -8.14. The van der Waals surface area contributed by atoms with E-state index in [-0.39, 0.29) is 37.3 Å². The molecular weight excluding hydrogens is 740 g/mol. The Kier molecular flexibility index (Phi) is 17.8. The number of rotatable bonds is 11. The van der Waals surface area contributed by atoms with E-state index in [1.54, 1.807) is 41.7 Å². The minimum absolute atomic E-state index is 0.142. The molecule has 3 aliphatic rings. The van der Waals surface area contributed by atoms with E-state index in [1.165, 1.54) is 14.0 Å². The number of cyclic esters (lactones) is 1. The third-order valence-corrected chi connectivity index (χ3v) is 12.9. The molecule has 0 radical (unpaired) electrons. The van der Waals surface area contributed by atoms with Gasteiger partial charge >= 0.3 is 5.97 Å². The van der Waals surface area contributed by atoms with Crippen molar-refractivity contribution < 1.29 is 63.2 Å². The van der Waals surface area contributed by atoms with Gasteiger partial charge in [0.25, 0.3) is 0 Å². The molecule has 0 saturated carbocycles. The van der Waals surface area contributed by atoms with E-state index < -0.39 is 102 Å². The SMILES string of the molecule is CC[C@@H]1OC(=O)[C@H](C)[C@H](O[C@H]2C[C@@](C)(OC)[C@@H](O)[C@H](C)O2)[C@H](C)[C@@H](O[C@@H]2O[C@H](C)C[C@H](N(C)C)[C@H]2O)[C@](C)(OC)C[C@@H](C)/C(=N\OCC(C)C)[C@@H](C)[C@@H](O)[C@]1(C)O. The number of carbonyl (C=O) groups is 1. The molecule has 0 unspecified atom stereocenters. The fourth-order valence-corrected chi connectivity index (χ4v) is 9.03. The topological polar surface area (TPSA) is 187 Å². The molecule has 57 heavy (non-hydrogen) atoms. The number of ether oxygens (including phenoxy) is 7. The van der Waals surface area contributed by atoms with E-state index in [0.29, 0.717) is 18.7 Å². The van der Waals surface area contributed by atoms with Crippen LogP contribution in [0.3, 0.4) is 0 Å². The second kappa shape index (κ2) is 20.4. The van der Waals surface area contributed by atoms with Crippen LogP contribution in [0.4, 0.5) is 0 Å². The lowest BCUT2D eigenvalue weighted by atomic mass is 9.73. The molecule has 3 aliphatic heterocycles. The number of methoxy groups -OCH3 is 2. The maximum absolute atomic E-state index is 14.4. The summed E-state index contributed by atoms with van der Waals surface area (Å²) in [5, 5.41) is 51.3. The van der Waals surface area contributed by atoms with Crippen LogP contribution in [0.5, 0.6) is 0 Å². The first-order valence-corrected chi connectivity index (χ1v) is 20.9. The molecule has 4 N–H and O–H groups in total. The van der Waals surface area contributed by atoms with Gasteiger partial charge in [-0.1, -0.05) is 46.7 Å². The van der Waals surface area contributed by atoms with Gasteiger partial charge in [-0.05, 0) is 80.8 Å². The second-order valence-corrected chi connectivity index (χ2v) is 18.4. The number of hydrogen-bond donors (Lipinski definition) is 4. The van der Waals surface area contributed by atoms with Crippen LogP contribution in [0, 0.1) is 29.6 Å². The lowest BCUT2D eigenvalue weighted by Gasteiger charge is -2.50. The van der Waals surface area contributed by atoms with Gasteiger partial charge in [0.05, 0.1) is 53.4 Å². The number of carbonyl (C=O) groups excluding carboxylic acids is 1. The van der Waals surface area contributed by atoms with E-state index in [1.807, 2.05) is 60.5 Å². The Hall–Kier alpha value is -1.50. The number of oxime groups is 1. The largest absolute Gasteiger partial charge is 0.459 e. The van der Waals surface area contributed by atoms with Crippen molar-refractivity contribution in [3.05, 3.63) is 0 Å². The Morgan fingerprint density at radius 2 is 1.51 bits per heavy atom. The predicted molar refractivity (Wildman–Crippen MR) is 214 cm³/mol. The summed E-state index contributed by atoms with van der Waals surface area (Å²) in [5.74, 6) is -3.33. The Morgan fingerprint density at radius 1 is 0.895 bits per heavy atom. The number of aliphatic hydroxyl groups excluding tert-OH is 3. The van der Waals surface area contributed by atoms with Crippen molar-refractivity contribution >= 4 is 11.7 Å². The molecule has 0 spiro atoms. The van der Waals surface area contributed by atoms with E-state index in [0.717, 1.165) is 0 Å². The minimum atomic E-state index is -1.89. The molecule has 18 atom stereocenters. The Bertz CT molecular complexity index is 1300. The van der Waals surface area contributed by atoms with Crippen LogP contribution in [-0.2, 0) is 42.8 Å². The molecule has 0 aromatic carbocycles. The monoisotopic (exact) mass is 819 g/mol. The molecule has 334 valence electrons. The average Bonchev–Trinajstić information content (AvgIpc) is 3.14. The van der Waals surface area contributed by atoms with Gasteiger partial charge in [0.1, 0.15) is 30.5 Å². The molecule has 0 aromatic rings. The van der Waals surface area contributed by atoms with Crippen LogP contribution >= 0.6 is 0 Å². The zero-order chi connectivity index (χ0) is 43.4. The van der Waals surface area contributed by atoms with Crippen LogP contribution in [0.25, 0.3) is 0 Å². The minimum Gasteiger partial charge on any atom is -0.459 e. The highest BCUT2D eigenvalue weighted by atomic mass is 16.7. The molecule has 3 fully saturated rings. The van der Waals surface area contributed by atoms with Crippen LogP contribution in [-0.4, -0.2) is 156 Å². The summed E-state index contributed by atoms with van der Waals surface area (Å²) in [4.78, 5) is 22.2. The summed E-state index contributed by atoms with van der Waals surface area (Å²) in [6.45, 7) is 22.2. The molecule has 3 heterocycles. The number of likely N-dealkylation sites (N-methyl/N-ethyl adjacent to an activating group) is 1. The molecular formula is C42H78N2O13. The highest BCUT2D eigenvalue weighted by Crippen LogP contribution is 2.42. The smallest absolute Gasteiger partial charge is 0.311 e. The van der Waals surface area contributed by atoms with Crippen LogP contribution in [0.2, 0.25) is 0 Å². The van der Waals surface area contributed by atoms with Gasteiger partial charge < -0.3 is 63.3 Å². The fourth-order valence-electron chi connectivity index (χ4n) is 9.03. The first kappa shape index (κ1) is 49.9. The first-order valence-electron chi connectivity index (χ1n) is 20.9. The molecule has 0 aromatic heterocycles. The molecule has 0 amide bonds. The van der Waals surface area contributed by atoms with E-state index in [4.69, 9.17) is 38.0 Å². The zero-order valence-corrected chi connectivity index (χ0v) is 37.6. The van der Waals surface area contributed by atoms with Gasteiger partial charge in [0, 0.05) is 44.4 Å². The maximum atomic E-state index is 14.4. The van der Waals surface area contributed by atoms with Gasteiger partial charge in [-0.15, -0.1) is 0 Å². The molecule has 3 saturated heterocycles.